The van der Waals surface area contributed by atoms with Gasteiger partial charge in [0.25, 0.3) is 0 Å². The van der Waals surface area contributed by atoms with Crippen molar-refractivity contribution in [2.75, 3.05) is 18.4 Å². The SMILES string of the molecule is Cc1c([C@@H](C)NC(=O)NCCNc2ccccn2)cnn1C. The standard InChI is InChI=1S/C15H22N6O/c1-11(13-10-19-21(3)12(13)2)20-15(22)18-9-8-17-14-6-4-5-7-16-14/h4-7,10-11H,8-9H2,1-3H3,(H,16,17)(H2,18,20,22)/t11-/m1/s1. The fourth-order valence-corrected chi connectivity index (χ4v) is 2.10. The second-order valence-electron chi connectivity index (χ2n) is 5.07. The van der Waals surface area contributed by atoms with Gasteiger partial charge in [-0.3, -0.25) is 4.68 Å². The van der Waals surface area contributed by atoms with Gasteiger partial charge in [0, 0.05) is 37.6 Å². The van der Waals surface area contributed by atoms with E-state index >= 15 is 0 Å². The highest BCUT2D eigenvalue weighted by Crippen LogP contribution is 2.15. The number of rotatable bonds is 6. The Kier molecular flexibility index (Phi) is 5.35. The topological polar surface area (TPSA) is 83.9 Å². The van der Waals surface area contributed by atoms with Crippen LogP contribution in [0.25, 0.3) is 0 Å². The smallest absolute Gasteiger partial charge is 0.315 e. The molecule has 2 amide bonds. The van der Waals surface area contributed by atoms with Gasteiger partial charge in [0.1, 0.15) is 5.82 Å². The van der Waals surface area contributed by atoms with Gasteiger partial charge in [-0.05, 0) is 26.0 Å². The Bertz CT molecular complexity index is 610. The first-order valence-corrected chi connectivity index (χ1v) is 7.25. The van der Waals surface area contributed by atoms with Gasteiger partial charge < -0.3 is 16.0 Å². The molecule has 0 aliphatic carbocycles. The largest absolute Gasteiger partial charge is 0.368 e. The average Bonchev–Trinajstić information content (AvgIpc) is 2.84. The zero-order valence-corrected chi connectivity index (χ0v) is 13.1. The molecule has 118 valence electrons. The molecule has 2 rings (SSSR count). The summed E-state index contributed by atoms with van der Waals surface area (Å²) in [6, 6.07) is 5.37. The molecule has 2 heterocycles. The molecule has 7 heteroatoms. The van der Waals surface area contributed by atoms with Crippen LogP contribution in [0.3, 0.4) is 0 Å². The van der Waals surface area contributed by atoms with Crippen LogP contribution in [-0.4, -0.2) is 33.9 Å². The number of nitrogens with one attached hydrogen (secondary N) is 3. The molecule has 0 bridgehead atoms. The predicted molar refractivity (Wildman–Crippen MR) is 85.6 cm³/mol. The van der Waals surface area contributed by atoms with Gasteiger partial charge in [0.05, 0.1) is 12.2 Å². The lowest BCUT2D eigenvalue weighted by molar-refractivity contribution is 0.238. The zero-order valence-electron chi connectivity index (χ0n) is 13.1. The predicted octanol–water partition coefficient (Wildman–Crippen LogP) is 1.60. The number of aryl methyl sites for hydroxylation is 1. The summed E-state index contributed by atoms with van der Waals surface area (Å²) in [5.41, 5.74) is 2.06. The maximum absolute atomic E-state index is 11.9. The molecule has 0 aliphatic rings. The van der Waals surface area contributed by atoms with E-state index in [-0.39, 0.29) is 12.1 Å². The highest BCUT2D eigenvalue weighted by atomic mass is 16.2. The van der Waals surface area contributed by atoms with Crippen LogP contribution >= 0.6 is 0 Å². The Morgan fingerprint density at radius 1 is 1.36 bits per heavy atom. The van der Waals surface area contributed by atoms with Gasteiger partial charge in [-0.1, -0.05) is 6.07 Å². The molecule has 0 aromatic carbocycles. The average molecular weight is 302 g/mol. The Morgan fingerprint density at radius 3 is 2.82 bits per heavy atom. The van der Waals surface area contributed by atoms with Gasteiger partial charge >= 0.3 is 6.03 Å². The first-order chi connectivity index (χ1) is 10.6. The third kappa shape index (κ3) is 4.21. The van der Waals surface area contributed by atoms with E-state index in [0.29, 0.717) is 13.1 Å². The van der Waals surface area contributed by atoms with Crippen LogP contribution in [0.15, 0.2) is 30.6 Å². The number of aromatic nitrogens is 3. The number of pyridine rings is 1. The highest BCUT2D eigenvalue weighted by Gasteiger charge is 2.13. The van der Waals surface area contributed by atoms with Gasteiger partial charge in [0.15, 0.2) is 0 Å². The fourth-order valence-electron chi connectivity index (χ4n) is 2.10. The summed E-state index contributed by atoms with van der Waals surface area (Å²) in [7, 11) is 1.88. The summed E-state index contributed by atoms with van der Waals surface area (Å²) >= 11 is 0. The Hall–Kier alpha value is -2.57. The molecule has 7 nitrogen and oxygen atoms in total. The van der Waals surface area contributed by atoms with E-state index in [0.717, 1.165) is 17.1 Å². The van der Waals surface area contributed by atoms with Crippen LogP contribution < -0.4 is 16.0 Å². The van der Waals surface area contributed by atoms with Crippen molar-refractivity contribution in [3.8, 4) is 0 Å². The molecule has 3 N–H and O–H groups in total. The van der Waals surface area contributed by atoms with Crippen molar-refractivity contribution in [3.63, 3.8) is 0 Å². The molecule has 1 atom stereocenters. The van der Waals surface area contributed by atoms with Crippen LogP contribution in [0.1, 0.15) is 24.2 Å². The molecule has 0 aliphatic heterocycles. The number of hydrogen-bond acceptors (Lipinski definition) is 4. The number of hydrogen-bond donors (Lipinski definition) is 3. The lowest BCUT2D eigenvalue weighted by atomic mass is 10.1. The monoisotopic (exact) mass is 302 g/mol. The van der Waals surface area contributed by atoms with Crippen LogP contribution in [0.2, 0.25) is 0 Å². The van der Waals surface area contributed by atoms with Gasteiger partial charge in [0.2, 0.25) is 0 Å². The molecule has 22 heavy (non-hydrogen) atoms. The molecular weight excluding hydrogens is 280 g/mol. The van der Waals surface area contributed by atoms with Crippen molar-refractivity contribution < 1.29 is 4.79 Å². The van der Waals surface area contributed by atoms with Gasteiger partial charge in [-0.25, -0.2) is 9.78 Å². The summed E-state index contributed by atoms with van der Waals surface area (Å²) in [5, 5.41) is 13.0. The van der Waals surface area contributed by atoms with Gasteiger partial charge in [-0.2, -0.15) is 5.10 Å². The van der Waals surface area contributed by atoms with Crippen LogP contribution in [-0.2, 0) is 7.05 Å². The summed E-state index contributed by atoms with van der Waals surface area (Å²) in [6.45, 7) is 5.05. The van der Waals surface area contributed by atoms with Crippen molar-refractivity contribution in [3.05, 3.63) is 41.9 Å². The van der Waals surface area contributed by atoms with Crippen molar-refractivity contribution in [1.82, 2.24) is 25.4 Å². The maximum atomic E-state index is 11.9. The summed E-state index contributed by atoms with van der Waals surface area (Å²) in [4.78, 5) is 16.0. The molecule has 2 aromatic heterocycles. The number of urea groups is 1. The third-order valence-corrected chi connectivity index (χ3v) is 3.47. The first-order valence-electron chi connectivity index (χ1n) is 7.25. The molecule has 0 saturated heterocycles. The minimum atomic E-state index is -0.196. The molecule has 0 saturated carbocycles. The first kappa shape index (κ1) is 15.8. The van der Waals surface area contributed by atoms with E-state index < -0.39 is 0 Å². The van der Waals surface area contributed by atoms with E-state index in [9.17, 15) is 4.79 Å². The van der Waals surface area contributed by atoms with Crippen LogP contribution in [0, 0.1) is 6.92 Å². The van der Waals surface area contributed by atoms with Crippen molar-refractivity contribution in [1.29, 1.82) is 0 Å². The summed E-state index contributed by atoms with van der Waals surface area (Å²) in [6.07, 6.45) is 3.50. The second kappa shape index (κ2) is 7.44. The number of carbonyl (C=O) groups excluding carboxylic acids is 1. The lowest BCUT2D eigenvalue weighted by Crippen LogP contribution is -2.39. The Labute approximate surface area is 130 Å². The highest BCUT2D eigenvalue weighted by molar-refractivity contribution is 5.74. The second-order valence-corrected chi connectivity index (χ2v) is 5.07. The Balaban J connectivity index is 1.70. The number of carbonyl (C=O) groups is 1. The molecule has 0 unspecified atom stereocenters. The summed E-state index contributed by atoms with van der Waals surface area (Å²) in [5.74, 6) is 0.795. The molecule has 0 radical (unpaired) electrons. The minimum Gasteiger partial charge on any atom is -0.368 e. The quantitative estimate of drug-likeness (QED) is 0.708. The molecule has 0 fully saturated rings. The lowest BCUT2D eigenvalue weighted by Gasteiger charge is -2.14. The van der Waals surface area contributed by atoms with E-state index in [2.05, 4.69) is 26.0 Å². The third-order valence-electron chi connectivity index (χ3n) is 3.47. The van der Waals surface area contributed by atoms with E-state index in [1.54, 1.807) is 17.1 Å². The van der Waals surface area contributed by atoms with Crippen molar-refractivity contribution in [2.24, 2.45) is 7.05 Å². The molecule has 0 spiro atoms. The van der Waals surface area contributed by atoms with Crippen molar-refractivity contribution >= 4 is 11.8 Å². The van der Waals surface area contributed by atoms with Crippen molar-refractivity contribution in [2.45, 2.75) is 19.9 Å². The van der Waals surface area contributed by atoms with E-state index in [1.165, 1.54) is 0 Å². The maximum Gasteiger partial charge on any atom is 0.315 e. The molecular formula is C15H22N6O. The number of nitrogens with zero attached hydrogens (tertiary/aromatic N) is 3. The van der Waals surface area contributed by atoms with E-state index in [4.69, 9.17) is 0 Å². The number of anilines is 1. The zero-order chi connectivity index (χ0) is 15.9. The number of amides is 2. The van der Waals surface area contributed by atoms with E-state index in [1.807, 2.05) is 39.1 Å². The Morgan fingerprint density at radius 2 is 2.18 bits per heavy atom. The van der Waals surface area contributed by atoms with Crippen LogP contribution in [0.4, 0.5) is 10.6 Å². The van der Waals surface area contributed by atoms with Crippen LogP contribution in [0.5, 0.6) is 0 Å². The minimum absolute atomic E-state index is 0.0857. The summed E-state index contributed by atoms with van der Waals surface area (Å²) < 4.78 is 1.79. The normalized spacial score (nSPS) is 11.8. The van der Waals surface area contributed by atoms with Gasteiger partial charge in [-0.15, -0.1) is 0 Å². The fraction of sp³-hybridized carbons (Fsp3) is 0.400. The molecule has 2 aromatic rings.